The molecule has 0 aliphatic heterocycles. The van der Waals surface area contributed by atoms with Gasteiger partial charge in [0.25, 0.3) is 0 Å². The molecule has 0 saturated heterocycles. The highest BCUT2D eigenvalue weighted by atomic mass is 35.5. The summed E-state index contributed by atoms with van der Waals surface area (Å²) in [5.41, 5.74) is 21.5. The van der Waals surface area contributed by atoms with E-state index in [1.165, 1.54) is 13.1 Å². The van der Waals surface area contributed by atoms with Gasteiger partial charge in [0.15, 0.2) is 0 Å². The lowest BCUT2D eigenvalue weighted by Crippen LogP contribution is -2.17. The lowest BCUT2D eigenvalue weighted by atomic mass is 9.92. The molecule has 0 amide bonds. The summed E-state index contributed by atoms with van der Waals surface area (Å²) in [6, 6.07) is 18.4. The van der Waals surface area contributed by atoms with Crippen molar-refractivity contribution in [2.45, 2.75) is 25.7 Å². The fourth-order valence-electron chi connectivity index (χ4n) is 4.05. The maximum absolute atomic E-state index is 10.4. The topological polar surface area (TPSA) is 155 Å². The maximum atomic E-state index is 10.4. The Labute approximate surface area is 211 Å². The first kappa shape index (κ1) is 27.9. The van der Waals surface area contributed by atoms with Crippen molar-refractivity contribution in [3.8, 4) is 16.9 Å². The van der Waals surface area contributed by atoms with E-state index < -0.39 is 0 Å². The van der Waals surface area contributed by atoms with Crippen molar-refractivity contribution < 1.29 is 10.2 Å². The molecule has 35 heavy (non-hydrogen) atoms. The fourth-order valence-corrected chi connectivity index (χ4v) is 4.17. The predicted molar refractivity (Wildman–Crippen MR) is 147 cm³/mol. The Morgan fingerprint density at radius 2 is 1.43 bits per heavy atom. The van der Waals surface area contributed by atoms with Gasteiger partial charge in [0.05, 0.1) is 11.3 Å². The number of phenols is 1. The van der Waals surface area contributed by atoms with E-state index in [9.17, 15) is 5.11 Å². The molecule has 7 nitrogen and oxygen atoms in total. The molecule has 0 heterocycles. The van der Waals surface area contributed by atoms with E-state index in [1.54, 1.807) is 6.07 Å². The fraction of sp³-hybridized carbons (Fsp3) is 0.259. The Morgan fingerprint density at radius 3 is 1.97 bits per heavy atom. The number of hydrogen-bond acceptors (Lipinski definition) is 6. The highest BCUT2D eigenvalue weighted by molar-refractivity contribution is 6.30. The molecule has 1 aliphatic carbocycles. The number of amidine groups is 1. The third-order valence-electron chi connectivity index (χ3n) is 5.79. The second kappa shape index (κ2) is 13.5. The number of nitrogens with one attached hydrogen (secondary N) is 1. The number of aromatic hydroxyl groups is 1. The second-order valence-electron chi connectivity index (χ2n) is 7.90. The molecule has 1 aliphatic rings. The van der Waals surface area contributed by atoms with Crippen LogP contribution in [0.4, 0.5) is 11.4 Å². The monoisotopic (exact) mass is 495 g/mol. The normalized spacial score (nSPS) is 13.3. The molecule has 9 N–H and O–H groups in total. The molecule has 3 aromatic carbocycles. The molecule has 0 aromatic heterocycles. The highest BCUT2D eigenvalue weighted by Crippen LogP contribution is 2.33. The number of nitrogens with two attached hydrogens (primary N) is 3. The van der Waals surface area contributed by atoms with Crippen molar-refractivity contribution in [1.29, 1.82) is 5.41 Å². The van der Waals surface area contributed by atoms with Gasteiger partial charge in [-0.05, 0) is 61.3 Å². The molecule has 0 bridgehead atoms. The average molecular weight is 496 g/mol. The van der Waals surface area contributed by atoms with Gasteiger partial charge in [0, 0.05) is 41.1 Å². The SMILES string of the molecule is CN.CO.N=C(c1cc(C(N)=Nc2ccc(-c3ccc(Cl)cc3)cc2)c(O)cc1N)C1CCCC1. The minimum absolute atomic E-state index is 0.0421. The quantitative estimate of drug-likeness (QED) is 0.165. The summed E-state index contributed by atoms with van der Waals surface area (Å²) in [4.78, 5) is 4.47. The van der Waals surface area contributed by atoms with Gasteiger partial charge in [-0.25, -0.2) is 4.99 Å². The second-order valence-corrected chi connectivity index (χ2v) is 8.34. The van der Waals surface area contributed by atoms with Crippen molar-refractivity contribution in [3.05, 3.63) is 76.8 Å². The molecule has 3 aromatic rings. The molecular weight excluding hydrogens is 462 g/mol. The summed E-state index contributed by atoms with van der Waals surface area (Å²) in [5.74, 6) is 0.343. The molecule has 8 heteroatoms. The van der Waals surface area contributed by atoms with Crippen LogP contribution in [0, 0.1) is 11.3 Å². The number of aliphatic hydroxyl groups is 1. The van der Waals surface area contributed by atoms with Crippen molar-refractivity contribution >= 4 is 34.5 Å². The van der Waals surface area contributed by atoms with Crippen molar-refractivity contribution in [2.75, 3.05) is 19.9 Å². The van der Waals surface area contributed by atoms with Crippen molar-refractivity contribution in [1.82, 2.24) is 0 Å². The lowest BCUT2D eigenvalue weighted by Gasteiger charge is -2.16. The summed E-state index contributed by atoms with van der Waals surface area (Å²) in [6.45, 7) is 0. The van der Waals surface area contributed by atoms with E-state index in [2.05, 4.69) is 10.7 Å². The number of nitrogens with zero attached hydrogens (tertiary/aromatic N) is 1. The van der Waals surface area contributed by atoms with Gasteiger partial charge in [-0.1, -0.05) is 48.7 Å². The Kier molecular flexibility index (Phi) is 10.7. The number of anilines is 1. The molecule has 0 radical (unpaired) electrons. The number of phenolic OH excluding ortho intramolecular Hbond substituents is 1. The van der Waals surface area contributed by atoms with Crippen LogP contribution in [0.3, 0.4) is 0 Å². The van der Waals surface area contributed by atoms with Crippen LogP contribution in [-0.2, 0) is 0 Å². The molecule has 1 saturated carbocycles. The van der Waals surface area contributed by atoms with Crippen LogP contribution < -0.4 is 17.2 Å². The zero-order valence-corrected chi connectivity index (χ0v) is 20.9. The van der Waals surface area contributed by atoms with E-state index in [0.717, 1.165) is 43.9 Å². The Bertz CT molecular complexity index is 1140. The van der Waals surface area contributed by atoms with E-state index in [-0.39, 0.29) is 17.5 Å². The van der Waals surface area contributed by atoms with Gasteiger partial charge in [-0.15, -0.1) is 0 Å². The number of aliphatic imine (C=N–C) groups is 1. The van der Waals surface area contributed by atoms with Crippen molar-refractivity contribution in [3.63, 3.8) is 0 Å². The minimum atomic E-state index is -0.0421. The van der Waals surface area contributed by atoms with Crippen LogP contribution in [0.2, 0.25) is 5.02 Å². The summed E-state index contributed by atoms with van der Waals surface area (Å²) in [6.07, 6.45) is 4.26. The smallest absolute Gasteiger partial charge is 0.135 e. The number of hydrogen-bond donors (Lipinski definition) is 6. The summed E-state index contributed by atoms with van der Waals surface area (Å²) in [5, 5.41) is 26.7. The zero-order chi connectivity index (χ0) is 26.0. The first-order valence-corrected chi connectivity index (χ1v) is 11.7. The molecule has 4 rings (SSSR count). The first-order valence-electron chi connectivity index (χ1n) is 11.4. The van der Waals surface area contributed by atoms with Crippen LogP contribution in [0.5, 0.6) is 5.75 Å². The van der Waals surface area contributed by atoms with Crippen LogP contribution >= 0.6 is 11.6 Å². The Hall–Kier alpha value is -3.39. The van der Waals surface area contributed by atoms with Gasteiger partial charge < -0.3 is 32.8 Å². The van der Waals surface area contributed by atoms with E-state index >= 15 is 0 Å². The Morgan fingerprint density at radius 1 is 0.914 bits per heavy atom. The number of benzene rings is 3. The van der Waals surface area contributed by atoms with Crippen LogP contribution in [0.25, 0.3) is 11.1 Å². The maximum Gasteiger partial charge on any atom is 0.135 e. The molecular formula is C27H34ClN5O2. The van der Waals surface area contributed by atoms with Gasteiger partial charge >= 0.3 is 0 Å². The van der Waals surface area contributed by atoms with Crippen molar-refractivity contribution in [2.24, 2.45) is 22.4 Å². The third-order valence-corrected chi connectivity index (χ3v) is 6.04. The van der Waals surface area contributed by atoms with Crippen LogP contribution in [0.15, 0.2) is 65.7 Å². The van der Waals surface area contributed by atoms with Crippen LogP contribution in [0.1, 0.15) is 36.8 Å². The lowest BCUT2D eigenvalue weighted by molar-refractivity contribution is 0.399. The molecule has 0 unspecified atom stereocenters. The number of rotatable bonds is 5. The average Bonchev–Trinajstić information content (AvgIpc) is 3.42. The summed E-state index contributed by atoms with van der Waals surface area (Å²) < 4.78 is 0. The number of halogens is 1. The molecule has 0 spiro atoms. The molecule has 0 atom stereocenters. The van der Waals surface area contributed by atoms with Gasteiger partial charge in [-0.3, -0.25) is 0 Å². The Balaban J connectivity index is 0.00000103. The van der Waals surface area contributed by atoms with Gasteiger partial charge in [-0.2, -0.15) is 0 Å². The van der Waals surface area contributed by atoms with E-state index in [1.807, 2.05) is 48.5 Å². The third kappa shape index (κ3) is 7.05. The highest BCUT2D eigenvalue weighted by Gasteiger charge is 2.23. The standard InChI is InChI=1S/C25H25ClN4O.CH5N.CH4O/c26-18-9-5-15(6-10-18)16-7-11-19(12-8-16)30-25(29)21-13-20(22(27)14-23(21)31)24(28)17-3-1-2-4-17;2*1-2/h5-14,17,28,31H,1-4,27H2,(H2,29,30);2H2,1H3;2H,1H3. The molecule has 186 valence electrons. The molecule has 1 fully saturated rings. The van der Waals surface area contributed by atoms with Gasteiger partial charge in [0.1, 0.15) is 11.6 Å². The van der Waals surface area contributed by atoms with E-state index in [4.69, 9.17) is 33.6 Å². The van der Waals surface area contributed by atoms with Gasteiger partial charge in [0.2, 0.25) is 0 Å². The number of aliphatic hydroxyl groups excluding tert-OH is 1. The summed E-state index contributed by atoms with van der Waals surface area (Å²) >= 11 is 5.96. The van der Waals surface area contributed by atoms with Crippen LogP contribution in [-0.4, -0.2) is 35.9 Å². The minimum Gasteiger partial charge on any atom is -0.507 e. The zero-order valence-electron chi connectivity index (χ0n) is 20.1. The largest absolute Gasteiger partial charge is 0.507 e. The first-order chi connectivity index (χ1) is 16.9. The summed E-state index contributed by atoms with van der Waals surface area (Å²) in [7, 11) is 2.50. The predicted octanol–water partition coefficient (Wildman–Crippen LogP) is 5.07. The number of nitrogen functional groups attached to an aromatic ring is 1. The van der Waals surface area contributed by atoms with E-state index in [0.29, 0.717) is 33.2 Å².